The Balaban J connectivity index is 2.04. The third kappa shape index (κ3) is 3.28. The Morgan fingerprint density at radius 2 is 2.33 bits per heavy atom. The SMILES string of the molecule is ISC#Cc1cccc(OC2CCC2)n1. The van der Waals surface area contributed by atoms with Gasteiger partial charge in [-0.2, -0.15) is 0 Å². The molecule has 0 unspecified atom stereocenters. The molecule has 2 nitrogen and oxygen atoms in total. The molecule has 1 heterocycles. The smallest absolute Gasteiger partial charge is 0.214 e. The van der Waals surface area contributed by atoms with E-state index >= 15 is 0 Å². The predicted molar refractivity (Wildman–Crippen MR) is 71.0 cm³/mol. The van der Waals surface area contributed by atoms with Gasteiger partial charge in [0.1, 0.15) is 11.8 Å². The van der Waals surface area contributed by atoms with Crippen molar-refractivity contribution in [3.05, 3.63) is 23.9 Å². The highest BCUT2D eigenvalue weighted by Gasteiger charge is 2.19. The summed E-state index contributed by atoms with van der Waals surface area (Å²) in [6.07, 6.45) is 3.96. The number of hydrogen-bond donors (Lipinski definition) is 0. The van der Waals surface area contributed by atoms with Crippen molar-refractivity contribution in [2.45, 2.75) is 25.4 Å². The van der Waals surface area contributed by atoms with Crippen LogP contribution in [0.4, 0.5) is 0 Å². The molecule has 0 saturated heterocycles. The second kappa shape index (κ2) is 5.61. The molecular weight excluding hydrogens is 321 g/mol. The summed E-state index contributed by atoms with van der Waals surface area (Å²) in [5.74, 6) is 3.66. The first-order valence-electron chi connectivity index (χ1n) is 4.81. The van der Waals surface area contributed by atoms with E-state index in [0.717, 1.165) is 18.5 Å². The Kier molecular flexibility index (Phi) is 4.15. The monoisotopic (exact) mass is 331 g/mol. The molecule has 0 radical (unpaired) electrons. The van der Waals surface area contributed by atoms with E-state index < -0.39 is 0 Å². The lowest BCUT2D eigenvalue weighted by Gasteiger charge is -2.25. The fraction of sp³-hybridized carbons (Fsp3) is 0.364. The molecular formula is C11H10INOS. The van der Waals surface area contributed by atoms with Crippen LogP contribution >= 0.6 is 30.1 Å². The van der Waals surface area contributed by atoms with E-state index in [-0.39, 0.29) is 0 Å². The van der Waals surface area contributed by atoms with Gasteiger partial charge in [0.2, 0.25) is 5.88 Å². The van der Waals surface area contributed by atoms with Crippen molar-refractivity contribution in [1.29, 1.82) is 0 Å². The van der Waals surface area contributed by atoms with Gasteiger partial charge in [0.15, 0.2) is 0 Å². The normalized spacial score (nSPS) is 15.0. The zero-order valence-electron chi connectivity index (χ0n) is 8.07. The highest BCUT2D eigenvalue weighted by atomic mass is 127. The topological polar surface area (TPSA) is 22.1 Å². The molecule has 0 N–H and O–H groups in total. The van der Waals surface area contributed by atoms with Crippen molar-refractivity contribution < 1.29 is 4.74 Å². The van der Waals surface area contributed by atoms with E-state index in [0.29, 0.717) is 12.0 Å². The van der Waals surface area contributed by atoms with Gasteiger partial charge in [-0.1, -0.05) is 6.07 Å². The van der Waals surface area contributed by atoms with Crippen molar-refractivity contribution in [3.8, 4) is 17.1 Å². The summed E-state index contributed by atoms with van der Waals surface area (Å²) in [6, 6.07) is 5.72. The Hall–Kier alpha value is -0.410. The molecule has 0 aliphatic heterocycles. The number of aromatic nitrogens is 1. The van der Waals surface area contributed by atoms with Crippen molar-refractivity contribution in [2.24, 2.45) is 0 Å². The maximum atomic E-state index is 5.68. The van der Waals surface area contributed by atoms with Gasteiger partial charge in [0.25, 0.3) is 0 Å². The van der Waals surface area contributed by atoms with Crippen molar-refractivity contribution in [1.82, 2.24) is 4.98 Å². The summed E-state index contributed by atoms with van der Waals surface area (Å²) in [7, 11) is 1.46. The van der Waals surface area contributed by atoms with E-state index in [1.165, 1.54) is 15.4 Å². The molecule has 0 spiro atoms. The minimum atomic E-state index is 0.375. The molecule has 1 aromatic rings. The molecule has 1 aliphatic rings. The van der Waals surface area contributed by atoms with E-state index in [1.807, 2.05) is 18.2 Å². The van der Waals surface area contributed by atoms with Gasteiger partial charge < -0.3 is 4.74 Å². The first kappa shape index (κ1) is 11.1. The highest BCUT2D eigenvalue weighted by Crippen LogP contribution is 2.23. The average molecular weight is 331 g/mol. The second-order valence-corrected chi connectivity index (χ2v) is 5.02. The maximum Gasteiger partial charge on any atom is 0.214 e. The molecule has 2 rings (SSSR count). The van der Waals surface area contributed by atoms with Crippen molar-refractivity contribution >= 4 is 30.1 Å². The number of nitrogens with zero attached hydrogens (tertiary/aromatic N) is 1. The molecule has 1 aliphatic carbocycles. The fourth-order valence-electron chi connectivity index (χ4n) is 1.28. The predicted octanol–water partition coefficient (Wildman–Crippen LogP) is 3.41. The molecule has 0 atom stereocenters. The lowest BCUT2D eigenvalue weighted by atomic mass is 9.96. The largest absolute Gasteiger partial charge is 0.474 e. The van der Waals surface area contributed by atoms with Crippen LogP contribution in [-0.2, 0) is 0 Å². The van der Waals surface area contributed by atoms with Crippen LogP contribution in [0.5, 0.6) is 5.88 Å². The Morgan fingerprint density at radius 1 is 1.47 bits per heavy atom. The molecule has 0 amide bonds. The molecule has 4 heteroatoms. The van der Waals surface area contributed by atoms with Crippen LogP contribution in [0, 0.1) is 11.2 Å². The lowest BCUT2D eigenvalue weighted by molar-refractivity contribution is 0.114. The van der Waals surface area contributed by atoms with Crippen molar-refractivity contribution in [2.75, 3.05) is 0 Å². The van der Waals surface area contributed by atoms with Crippen LogP contribution in [0.2, 0.25) is 0 Å². The molecule has 78 valence electrons. The molecule has 1 fully saturated rings. The zero-order chi connectivity index (χ0) is 10.5. The van der Waals surface area contributed by atoms with Gasteiger partial charge in [0.05, 0.1) is 0 Å². The van der Waals surface area contributed by atoms with Gasteiger partial charge in [-0.15, -0.1) is 0 Å². The van der Waals surface area contributed by atoms with Gasteiger partial charge in [-0.05, 0) is 45.4 Å². The molecule has 1 saturated carbocycles. The van der Waals surface area contributed by atoms with Gasteiger partial charge in [0, 0.05) is 27.3 Å². The summed E-state index contributed by atoms with van der Waals surface area (Å²) in [5.41, 5.74) is 0.774. The van der Waals surface area contributed by atoms with E-state index in [4.69, 9.17) is 4.74 Å². The zero-order valence-corrected chi connectivity index (χ0v) is 11.0. The number of halogens is 1. The minimum absolute atomic E-state index is 0.375. The van der Waals surface area contributed by atoms with Crippen LogP contribution in [0.3, 0.4) is 0 Å². The highest BCUT2D eigenvalue weighted by molar-refractivity contribution is 14.2. The van der Waals surface area contributed by atoms with Crippen molar-refractivity contribution in [3.63, 3.8) is 0 Å². The summed E-state index contributed by atoms with van der Waals surface area (Å²) in [6.45, 7) is 0. The summed E-state index contributed by atoms with van der Waals surface area (Å²) in [4.78, 5) is 4.32. The maximum absolute atomic E-state index is 5.68. The summed E-state index contributed by atoms with van der Waals surface area (Å²) in [5, 5.41) is 2.91. The summed E-state index contributed by atoms with van der Waals surface area (Å²) < 4.78 is 5.68. The first-order valence-corrected chi connectivity index (χ1v) is 8.17. The quantitative estimate of drug-likeness (QED) is 0.613. The van der Waals surface area contributed by atoms with E-state index in [9.17, 15) is 0 Å². The third-order valence-electron chi connectivity index (χ3n) is 2.28. The number of hydrogen-bond acceptors (Lipinski definition) is 3. The van der Waals surface area contributed by atoms with Crippen LogP contribution < -0.4 is 4.74 Å². The standard InChI is InChI=1S/C11H10INOS/c12-15-8-7-9-3-1-6-11(13-9)14-10-4-2-5-10/h1,3,6,10H,2,4-5H2. The number of ether oxygens (including phenoxy) is 1. The van der Waals surface area contributed by atoms with Gasteiger partial charge in [-0.25, -0.2) is 4.98 Å². The Morgan fingerprint density at radius 3 is 3.00 bits per heavy atom. The van der Waals surface area contributed by atoms with E-state index in [1.54, 1.807) is 0 Å². The van der Waals surface area contributed by atoms with Crippen LogP contribution in [0.15, 0.2) is 18.2 Å². The molecule has 0 bridgehead atoms. The Labute approximate surface area is 106 Å². The third-order valence-corrected chi connectivity index (χ3v) is 3.12. The number of pyridine rings is 1. The number of rotatable bonds is 2. The summed E-state index contributed by atoms with van der Waals surface area (Å²) >= 11 is 2.14. The minimum Gasteiger partial charge on any atom is -0.474 e. The fourth-order valence-corrected chi connectivity index (χ4v) is 1.75. The second-order valence-electron chi connectivity index (χ2n) is 3.34. The Bertz CT molecular complexity index is 395. The first-order chi connectivity index (χ1) is 7.38. The molecule has 0 aromatic carbocycles. The van der Waals surface area contributed by atoms with E-state index in [2.05, 4.69) is 37.4 Å². The van der Waals surface area contributed by atoms with Gasteiger partial charge >= 0.3 is 0 Å². The molecule has 15 heavy (non-hydrogen) atoms. The van der Waals surface area contributed by atoms with Gasteiger partial charge in [-0.3, -0.25) is 0 Å². The average Bonchev–Trinajstić information content (AvgIpc) is 2.21. The van der Waals surface area contributed by atoms with Crippen LogP contribution in [0.25, 0.3) is 0 Å². The van der Waals surface area contributed by atoms with Crippen LogP contribution in [-0.4, -0.2) is 11.1 Å². The molecule has 1 aromatic heterocycles. The van der Waals surface area contributed by atoms with Crippen LogP contribution in [0.1, 0.15) is 25.0 Å². The lowest BCUT2D eigenvalue weighted by Crippen LogP contribution is -2.24.